The predicted molar refractivity (Wildman–Crippen MR) is 60.3 cm³/mol. The highest BCUT2D eigenvalue weighted by Gasteiger charge is 2.16. The van der Waals surface area contributed by atoms with Gasteiger partial charge in [0.05, 0.1) is 18.5 Å². The number of hydrogen-bond acceptors (Lipinski definition) is 5. The molecule has 0 saturated heterocycles. The molecule has 0 aliphatic carbocycles. The van der Waals surface area contributed by atoms with Crippen molar-refractivity contribution in [3.05, 3.63) is 30.0 Å². The largest absolute Gasteiger partial charge is 0.461 e. The maximum atomic E-state index is 11.6. The van der Waals surface area contributed by atoms with Crippen molar-refractivity contribution in [2.75, 3.05) is 6.61 Å². The SMILES string of the molecule is CCOC(=O)c1[nH]c(-c2cnccn2)nc1C. The lowest BCUT2D eigenvalue weighted by atomic mass is 10.3. The van der Waals surface area contributed by atoms with Gasteiger partial charge in [0.25, 0.3) is 0 Å². The Labute approximate surface area is 98.1 Å². The summed E-state index contributed by atoms with van der Waals surface area (Å²) >= 11 is 0. The van der Waals surface area contributed by atoms with E-state index in [-0.39, 0.29) is 0 Å². The fourth-order valence-electron chi connectivity index (χ4n) is 1.41. The van der Waals surface area contributed by atoms with E-state index in [0.717, 1.165) is 0 Å². The Morgan fingerprint density at radius 2 is 2.29 bits per heavy atom. The van der Waals surface area contributed by atoms with Crippen molar-refractivity contribution < 1.29 is 9.53 Å². The van der Waals surface area contributed by atoms with Gasteiger partial charge in [0.2, 0.25) is 0 Å². The molecule has 2 aromatic rings. The van der Waals surface area contributed by atoms with Gasteiger partial charge in [-0.1, -0.05) is 0 Å². The molecule has 2 heterocycles. The second-order valence-electron chi connectivity index (χ2n) is 3.36. The number of aromatic amines is 1. The molecule has 2 aromatic heterocycles. The third-order valence-electron chi connectivity index (χ3n) is 2.17. The van der Waals surface area contributed by atoms with Crippen molar-refractivity contribution in [1.29, 1.82) is 0 Å². The van der Waals surface area contributed by atoms with Gasteiger partial charge in [0.1, 0.15) is 11.4 Å². The van der Waals surface area contributed by atoms with Gasteiger partial charge in [-0.05, 0) is 13.8 Å². The van der Waals surface area contributed by atoms with Crippen LogP contribution in [-0.2, 0) is 4.74 Å². The van der Waals surface area contributed by atoms with Crippen molar-refractivity contribution in [3.8, 4) is 11.5 Å². The Kier molecular flexibility index (Phi) is 3.13. The number of carbonyl (C=O) groups is 1. The van der Waals surface area contributed by atoms with Crippen LogP contribution in [0.15, 0.2) is 18.6 Å². The van der Waals surface area contributed by atoms with Gasteiger partial charge in [-0.3, -0.25) is 4.98 Å². The van der Waals surface area contributed by atoms with Gasteiger partial charge in [-0.25, -0.2) is 14.8 Å². The lowest BCUT2D eigenvalue weighted by Crippen LogP contribution is -2.06. The van der Waals surface area contributed by atoms with Crippen molar-refractivity contribution >= 4 is 5.97 Å². The number of esters is 1. The smallest absolute Gasteiger partial charge is 0.356 e. The molecular formula is C11H12N4O2. The molecule has 17 heavy (non-hydrogen) atoms. The number of nitrogens with zero attached hydrogens (tertiary/aromatic N) is 3. The summed E-state index contributed by atoms with van der Waals surface area (Å²) in [6.07, 6.45) is 4.72. The van der Waals surface area contributed by atoms with Crippen LogP contribution in [0.5, 0.6) is 0 Å². The molecule has 88 valence electrons. The summed E-state index contributed by atoms with van der Waals surface area (Å²) in [6, 6.07) is 0. The average molecular weight is 232 g/mol. The van der Waals surface area contributed by atoms with E-state index < -0.39 is 5.97 Å². The molecular weight excluding hydrogens is 220 g/mol. The average Bonchev–Trinajstić information content (AvgIpc) is 2.73. The van der Waals surface area contributed by atoms with E-state index in [4.69, 9.17) is 4.74 Å². The summed E-state index contributed by atoms with van der Waals surface area (Å²) < 4.78 is 4.91. The zero-order chi connectivity index (χ0) is 12.3. The summed E-state index contributed by atoms with van der Waals surface area (Å²) in [5.41, 5.74) is 1.53. The first-order valence-electron chi connectivity index (χ1n) is 5.22. The van der Waals surface area contributed by atoms with Crippen LogP contribution in [0.3, 0.4) is 0 Å². The van der Waals surface area contributed by atoms with E-state index in [9.17, 15) is 4.79 Å². The second kappa shape index (κ2) is 4.73. The zero-order valence-corrected chi connectivity index (χ0v) is 9.60. The normalized spacial score (nSPS) is 10.2. The molecule has 0 aliphatic rings. The van der Waals surface area contributed by atoms with E-state index in [2.05, 4.69) is 19.9 Å². The molecule has 0 aromatic carbocycles. The lowest BCUT2D eigenvalue weighted by molar-refractivity contribution is 0.0519. The van der Waals surface area contributed by atoms with E-state index in [1.165, 1.54) is 0 Å². The van der Waals surface area contributed by atoms with Gasteiger partial charge in [0.15, 0.2) is 5.82 Å². The first-order chi connectivity index (χ1) is 8.22. The fraction of sp³-hybridized carbons (Fsp3) is 0.273. The Bertz CT molecular complexity index is 522. The summed E-state index contributed by atoms with van der Waals surface area (Å²) in [6.45, 7) is 3.83. The first kappa shape index (κ1) is 11.3. The van der Waals surface area contributed by atoms with Crippen LogP contribution in [0, 0.1) is 6.92 Å². The van der Waals surface area contributed by atoms with E-state index in [0.29, 0.717) is 29.5 Å². The van der Waals surface area contributed by atoms with Gasteiger partial charge < -0.3 is 9.72 Å². The van der Waals surface area contributed by atoms with Crippen LogP contribution in [0.1, 0.15) is 23.1 Å². The Hall–Kier alpha value is -2.24. The molecule has 6 nitrogen and oxygen atoms in total. The van der Waals surface area contributed by atoms with Crippen molar-refractivity contribution in [2.24, 2.45) is 0 Å². The number of imidazole rings is 1. The van der Waals surface area contributed by atoms with Gasteiger partial charge in [0, 0.05) is 12.4 Å². The lowest BCUT2D eigenvalue weighted by Gasteiger charge is -1.98. The molecule has 0 atom stereocenters. The fourth-order valence-corrected chi connectivity index (χ4v) is 1.41. The van der Waals surface area contributed by atoms with E-state index in [1.807, 2.05) is 0 Å². The van der Waals surface area contributed by atoms with Gasteiger partial charge in [-0.15, -0.1) is 0 Å². The van der Waals surface area contributed by atoms with Gasteiger partial charge in [-0.2, -0.15) is 0 Å². The highest BCUT2D eigenvalue weighted by atomic mass is 16.5. The van der Waals surface area contributed by atoms with Crippen molar-refractivity contribution in [1.82, 2.24) is 19.9 Å². The summed E-state index contributed by atoms with van der Waals surface area (Å²) in [4.78, 5) is 26.7. The maximum absolute atomic E-state index is 11.6. The number of rotatable bonds is 3. The topological polar surface area (TPSA) is 80.8 Å². The molecule has 0 unspecified atom stereocenters. The molecule has 0 bridgehead atoms. The molecule has 6 heteroatoms. The highest BCUT2D eigenvalue weighted by Crippen LogP contribution is 2.15. The molecule has 1 N–H and O–H groups in total. The molecule has 0 aliphatic heterocycles. The third kappa shape index (κ3) is 2.30. The quantitative estimate of drug-likeness (QED) is 0.808. The Balaban J connectivity index is 2.34. The minimum atomic E-state index is -0.410. The van der Waals surface area contributed by atoms with Crippen molar-refractivity contribution in [3.63, 3.8) is 0 Å². The molecule has 2 rings (SSSR count). The number of hydrogen-bond donors (Lipinski definition) is 1. The van der Waals surface area contributed by atoms with Crippen LogP contribution in [0.25, 0.3) is 11.5 Å². The summed E-state index contributed by atoms with van der Waals surface area (Å²) in [5, 5.41) is 0. The van der Waals surface area contributed by atoms with Crippen LogP contribution in [0.4, 0.5) is 0 Å². The van der Waals surface area contributed by atoms with Crippen molar-refractivity contribution in [2.45, 2.75) is 13.8 Å². The molecule has 0 saturated carbocycles. The zero-order valence-electron chi connectivity index (χ0n) is 9.60. The predicted octanol–water partition coefficient (Wildman–Crippen LogP) is 1.35. The van der Waals surface area contributed by atoms with Gasteiger partial charge >= 0.3 is 5.97 Å². The number of aromatic nitrogens is 4. The highest BCUT2D eigenvalue weighted by molar-refractivity contribution is 5.89. The third-order valence-corrected chi connectivity index (χ3v) is 2.17. The Morgan fingerprint density at radius 3 is 2.94 bits per heavy atom. The summed E-state index contributed by atoms with van der Waals surface area (Å²) in [7, 11) is 0. The second-order valence-corrected chi connectivity index (χ2v) is 3.36. The van der Waals surface area contributed by atoms with E-state index >= 15 is 0 Å². The molecule has 0 amide bonds. The number of ether oxygens (including phenoxy) is 1. The van der Waals surface area contributed by atoms with E-state index in [1.54, 1.807) is 32.4 Å². The van der Waals surface area contributed by atoms with Crippen LogP contribution >= 0.6 is 0 Å². The molecule has 0 radical (unpaired) electrons. The first-order valence-corrected chi connectivity index (χ1v) is 5.22. The number of H-pyrrole nitrogens is 1. The number of nitrogens with one attached hydrogen (secondary N) is 1. The van der Waals surface area contributed by atoms with Crippen LogP contribution in [-0.4, -0.2) is 32.5 Å². The standard InChI is InChI=1S/C11H12N4O2/c1-3-17-11(16)9-7(2)14-10(15-9)8-6-12-4-5-13-8/h4-6H,3H2,1-2H3,(H,14,15). The molecule has 0 spiro atoms. The maximum Gasteiger partial charge on any atom is 0.356 e. The minimum absolute atomic E-state index is 0.331. The molecule has 0 fully saturated rings. The number of aryl methyl sites for hydroxylation is 1. The monoisotopic (exact) mass is 232 g/mol. The Morgan fingerprint density at radius 1 is 1.47 bits per heavy atom. The minimum Gasteiger partial charge on any atom is -0.461 e. The summed E-state index contributed by atoms with van der Waals surface area (Å²) in [5.74, 6) is 0.103. The van der Waals surface area contributed by atoms with Crippen LogP contribution in [0.2, 0.25) is 0 Å². The van der Waals surface area contributed by atoms with Crippen LogP contribution < -0.4 is 0 Å². The number of carbonyl (C=O) groups excluding carboxylic acids is 1.